The number of aromatic nitrogens is 5. The van der Waals surface area contributed by atoms with E-state index in [-0.39, 0.29) is 17.4 Å². The summed E-state index contributed by atoms with van der Waals surface area (Å²) in [7, 11) is 2.06. The van der Waals surface area contributed by atoms with Crippen LogP contribution in [0.5, 0.6) is 0 Å². The fraction of sp³-hybridized carbons (Fsp3) is 0.368. The van der Waals surface area contributed by atoms with Gasteiger partial charge >= 0.3 is 0 Å². The molecule has 0 radical (unpaired) electrons. The summed E-state index contributed by atoms with van der Waals surface area (Å²) >= 11 is 0. The number of amides is 1. The van der Waals surface area contributed by atoms with Gasteiger partial charge in [0.1, 0.15) is 6.33 Å². The zero-order valence-electron chi connectivity index (χ0n) is 15.4. The minimum Gasteiger partial charge on any atom is -0.337 e. The second kappa shape index (κ2) is 6.45. The molecule has 2 saturated heterocycles. The van der Waals surface area contributed by atoms with Crippen molar-refractivity contribution in [2.75, 3.05) is 26.7 Å². The summed E-state index contributed by atoms with van der Waals surface area (Å²) in [6, 6.07) is 3.77. The molecule has 0 saturated carbocycles. The van der Waals surface area contributed by atoms with Crippen molar-refractivity contribution < 1.29 is 9.32 Å². The molecule has 5 heterocycles. The number of carbonyl (C=O) groups is 1. The van der Waals surface area contributed by atoms with Crippen LogP contribution in [0.15, 0.2) is 47.8 Å². The van der Waals surface area contributed by atoms with Gasteiger partial charge in [0.05, 0.1) is 11.6 Å². The highest BCUT2D eigenvalue weighted by molar-refractivity contribution is 5.94. The van der Waals surface area contributed by atoms with Gasteiger partial charge in [0, 0.05) is 55.4 Å². The van der Waals surface area contributed by atoms with Crippen LogP contribution in [-0.2, 0) is 0 Å². The molecule has 1 unspecified atom stereocenters. The van der Waals surface area contributed by atoms with Gasteiger partial charge in [0.15, 0.2) is 0 Å². The molecule has 2 aliphatic heterocycles. The maximum absolute atomic E-state index is 12.5. The van der Waals surface area contributed by atoms with E-state index in [0.717, 1.165) is 18.5 Å². The molecular formula is C19H19N7O2. The van der Waals surface area contributed by atoms with Crippen LogP contribution in [0, 0.1) is 5.41 Å². The van der Waals surface area contributed by atoms with E-state index < -0.39 is 0 Å². The Morgan fingerprint density at radius 2 is 1.89 bits per heavy atom. The first-order valence-corrected chi connectivity index (χ1v) is 9.12. The smallest absolute Gasteiger partial charge is 0.257 e. The molecule has 0 bridgehead atoms. The largest absolute Gasteiger partial charge is 0.337 e. The average molecular weight is 377 g/mol. The molecule has 142 valence electrons. The summed E-state index contributed by atoms with van der Waals surface area (Å²) in [6.07, 6.45) is 8.84. The van der Waals surface area contributed by atoms with Crippen LogP contribution in [0.3, 0.4) is 0 Å². The number of likely N-dealkylation sites (tertiary alicyclic amines) is 2. The summed E-state index contributed by atoms with van der Waals surface area (Å²) in [5.41, 5.74) is 1.47. The minimum atomic E-state index is -0.0184. The van der Waals surface area contributed by atoms with E-state index in [1.165, 1.54) is 6.33 Å². The maximum atomic E-state index is 12.5. The monoisotopic (exact) mass is 377 g/mol. The Bertz CT molecular complexity index is 986. The second-order valence-electron chi connectivity index (χ2n) is 7.62. The predicted molar refractivity (Wildman–Crippen MR) is 97.9 cm³/mol. The van der Waals surface area contributed by atoms with Gasteiger partial charge in [-0.15, -0.1) is 0 Å². The molecule has 5 rings (SSSR count). The van der Waals surface area contributed by atoms with Gasteiger partial charge in [-0.3, -0.25) is 14.7 Å². The topological polar surface area (TPSA) is 101 Å². The Kier molecular flexibility index (Phi) is 3.90. The Hall–Kier alpha value is -3.20. The molecule has 0 aliphatic carbocycles. The van der Waals surface area contributed by atoms with Gasteiger partial charge in [0.2, 0.25) is 11.7 Å². The van der Waals surface area contributed by atoms with Gasteiger partial charge in [-0.1, -0.05) is 5.16 Å². The number of rotatable bonds is 3. The lowest BCUT2D eigenvalue weighted by Gasteiger charge is -2.48. The molecule has 2 fully saturated rings. The van der Waals surface area contributed by atoms with Crippen LogP contribution in [0.4, 0.5) is 0 Å². The quantitative estimate of drug-likeness (QED) is 0.676. The predicted octanol–water partition coefficient (Wildman–Crippen LogP) is 1.44. The fourth-order valence-electron chi connectivity index (χ4n) is 4.26. The summed E-state index contributed by atoms with van der Waals surface area (Å²) in [5.74, 6) is 1.17. The van der Waals surface area contributed by atoms with Gasteiger partial charge in [-0.2, -0.15) is 4.98 Å². The van der Waals surface area contributed by atoms with Crippen LogP contribution < -0.4 is 0 Å². The van der Waals surface area contributed by atoms with E-state index in [4.69, 9.17) is 4.52 Å². The third-order valence-electron chi connectivity index (χ3n) is 5.56. The molecule has 3 aromatic heterocycles. The normalized spacial score (nSPS) is 21.0. The number of carbonyl (C=O) groups excluding carboxylic acids is 1. The standard InChI is InChI=1S/C19H19N7O2/c1-25-9-19(10-26(11-19)18(27)14-7-21-12-22-8-14)6-15(25)17-23-16(24-28-17)13-2-4-20-5-3-13/h2-5,7-8,12,15H,6,9-11H2,1H3. The fourth-order valence-corrected chi connectivity index (χ4v) is 4.26. The lowest BCUT2D eigenvalue weighted by molar-refractivity contribution is 0.0114. The van der Waals surface area contributed by atoms with Crippen LogP contribution in [0.2, 0.25) is 0 Å². The highest BCUT2D eigenvalue weighted by Crippen LogP contribution is 2.47. The third-order valence-corrected chi connectivity index (χ3v) is 5.56. The molecule has 1 spiro atoms. The van der Waals surface area contributed by atoms with Crippen molar-refractivity contribution in [3.63, 3.8) is 0 Å². The Labute approximate surface area is 161 Å². The Balaban J connectivity index is 1.28. The summed E-state index contributed by atoms with van der Waals surface area (Å²) in [4.78, 5) is 33.1. The Morgan fingerprint density at radius 1 is 1.14 bits per heavy atom. The first kappa shape index (κ1) is 16.9. The SMILES string of the molecule is CN1CC2(CC1c1nc(-c3ccncc3)no1)CN(C(=O)c1cncnc1)C2. The van der Waals surface area contributed by atoms with Gasteiger partial charge in [0.25, 0.3) is 5.91 Å². The third kappa shape index (κ3) is 2.84. The highest BCUT2D eigenvalue weighted by atomic mass is 16.5. The van der Waals surface area contributed by atoms with Gasteiger partial charge in [-0.25, -0.2) is 9.97 Å². The summed E-state index contributed by atoms with van der Waals surface area (Å²) in [5, 5.41) is 4.12. The first-order valence-electron chi connectivity index (χ1n) is 9.12. The molecule has 28 heavy (non-hydrogen) atoms. The minimum absolute atomic E-state index is 0.0184. The molecule has 0 aromatic carbocycles. The van der Waals surface area contributed by atoms with Crippen molar-refractivity contribution in [1.82, 2.24) is 34.9 Å². The van der Waals surface area contributed by atoms with Crippen LogP contribution in [-0.4, -0.2) is 67.5 Å². The lowest BCUT2D eigenvalue weighted by Crippen LogP contribution is -2.59. The maximum Gasteiger partial charge on any atom is 0.257 e. The number of nitrogens with zero attached hydrogens (tertiary/aromatic N) is 7. The lowest BCUT2D eigenvalue weighted by atomic mass is 9.77. The molecule has 9 nitrogen and oxygen atoms in total. The van der Waals surface area contributed by atoms with Crippen LogP contribution in [0.25, 0.3) is 11.4 Å². The zero-order valence-corrected chi connectivity index (χ0v) is 15.4. The summed E-state index contributed by atoms with van der Waals surface area (Å²) < 4.78 is 5.56. The van der Waals surface area contributed by atoms with Crippen molar-refractivity contribution in [2.24, 2.45) is 5.41 Å². The van der Waals surface area contributed by atoms with E-state index in [1.54, 1.807) is 24.8 Å². The van der Waals surface area contributed by atoms with Crippen molar-refractivity contribution in [2.45, 2.75) is 12.5 Å². The van der Waals surface area contributed by atoms with E-state index >= 15 is 0 Å². The average Bonchev–Trinajstić information content (AvgIpc) is 3.32. The van der Waals surface area contributed by atoms with E-state index in [0.29, 0.717) is 30.4 Å². The van der Waals surface area contributed by atoms with E-state index in [9.17, 15) is 4.79 Å². The van der Waals surface area contributed by atoms with Crippen molar-refractivity contribution in [3.8, 4) is 11.4 Å². The molecule has 1 atom stereocenters. The molecular weight excluding hydrogens is 358 g/mol. The molecule has 9 heteroatoms. The number of hydrogen-bond donors (Lipinski definition) is 0. The molecule has 3 aromatic rings. The van der Waals surface area contributed by atoms with Crippen molar-refractivity contribution in [3.05, 3.63) is 54.7 Å². The Morgan fingerprint density at radius 3 is 2.64 bits per heavy atom. The van der Waals surface area contributed by atoms with Gasteiger partial charge < -0.3 is 9.42 Å². The van der Waals surface area contributed by atoms with Crippen LogP contribution >= 0.6 is 0 Å². The van der Waals surface area contributed by atoms with E-state index in [1.807, 2.05) is 17.0 Å². The zero-order chi connectivity index (χ0) is 19.1. The van der Waals surface area contributed by atoms with E-state index in [2.05, 4.69) is 37.0 Å². The highest BCUT2D eigenvalue weighted by Gasteiger charge is 2.53. The molecule has 0 N–H and O–H groups in total. The first-order chi connectivity index (χ1) is 13.6. The van der Waals surface area contributed by atoms with Crippen molar-refractivity contribution >= 4 is 5.91 Å². The molecule has 1 amide bonds. The number of hydrogen-bond acceptors (Lipinski definition) is 8. The summed E-state index contributed by atoms with van der Waals surface area (Å²) in [6.45, 7) is 2.32. The van der Waals surface area contributed by atoms with Crippen molar-refractivity contribution in [1.29, 1.82) is 0 Å². The van der Waals surface area contributed by atoms with Gasteiger partial charge in [-0.05, 0) is 25.6 Å². The molecule has 2 aliphatic rings. The number of pyridine rings is 1. The van der Waals surface area contributed by atoms with Crippen LogP contribution in [0.1, 0.15) is 28.7 Å². The second-order valence-corrected chi connectivity index (χ2v) is 7.62.